The third kappa shape index (κ3) is 2.83. The summed E-state index contributed by atoms with van der Waals surface area (Å²) >= 11 is 5.98. The van der Waals surface area contributed by atoms with Crippen LogP contribution in [0.4, 0.5) is 5.82 Å². The fourth-order valence-electron chi connectivity index (χ4n) is 2.46. The lowest BCUT2D eigenvalue weighted by atomic mass is 10.2. The van der Waals surface area contributed by atoms with Crippen LogP contribution in [-0.4, -0.2) is 34.1 Å². The van der Waals surface area contributed by atoms with E-state index in [-0.39, 0.29) is 5.56 Å². The van der Waals surface area contributed by atoms with Crippen LogP contribution < -0.4 is 4.90 Å². The molecule has 0 spiro atoms. The number of anilines is 1. The van der Waals surface area contributed by atoms with Crippen LogP contribution in [0, 0.1) is 0 Å². The van der Waals surface area contributed by atoms with Gasteiger partial charge in [0.25, 0.3) is 0 Å². The van der Waals surface area contributed by atoms with Crippen molar-refractivity contribution >= 4 is 23.4 Å². The highest BCUT2D eigenvalue weighted by Gasteiger charge is 2.22. The number of carboxylic acids is 1. The number of halogens is 1. The molecule has 2 aromatic rings. The highest BCUT2D eigenvalue weighted by atomic mass is 35.5. The summed E-state index contributed by atoms with van der Waals surface area (Å²) in [5.41, 5.74) is 0.919. The first kappa shape index (κ1) is 13.8. The van der Waals surface area contributed by atoms with E-state index in [1.54, 1.807) is 12.1 Å². The molecule has 1 aromatic heterocycles. The zero-order valence-corrected chi connectivity index (χ0v) is 12.0. The molecule has 1 aromatic carbocycles. The smallest absolute Gasteiger partial charge is 0.341 e. The predicted octanol–water partition coefficient (Wildman–Crippen LogP) is 3.10. The van der Waals surface area contributed by atoms with Gasteiger partial charge >= 0.3 is 5.97 Å². The normalized spacial score (nSPS) is 14.4. The van der Waals surface area contributed by atoms with Gasteiger partial charge in [-0.15, -0.1) is 0 Å². The third-order valence-corrected chi connectivity index (χ3v) is 3.72. The van der Waals surface area contributed by atoms with Crippen molar-refractivity contribution in [2.45, 2.75) is 12.8 Å². The SMILES string of the molecule is O=C(O)c1cnc(-c2cccc(Cl)c2)nc1N1CCCC1. The molecule has 0 amide bonds. The maximum absolute atomic E-state index is 11.4. The van der Waals surface area contributed by atoms with Crippen molar-refractivity contribution in [3.63, 3.8) is 0 Å². The first-order chi connectivity index (χ1) is 10.1. The van der Waals surface area contributed by atoms with Gasteiger partial charge in [-0.05, 0) is 25.0 Å². The minimum absolute atomic E-state index is 0.141. The standard InChI is InChI=1S/C15H14ClN3O2/c16-11-5-3-4-10(8-11)13-17-9-12(15(20)21)14(18-13)19-6-1-2-7-19/h3-5,8-9H,1-2,6-7H2,(H,20,21). The molecule has 5 nitrogen and oxygen atoms in total. The van der Waals surface area contributed by atoms with Crippen LogP contribution in [0.1, 0.15) is 23.2 Å². The lowest BCUT2D eigenvalue weighted by Crippen LogP contribution is -2.22. The Hall–Kier alpha value is -2.14. The minimum atomic E-state index is -1.01. The van der Waals surface area contributed by atoms with Crippen LogP contribution in [0.15, 0.2) is 30.5 Å². The second-order valence-electron chi connectivity index (χ2n) is 4.94. The number of rotatable bonds is 3. The fourth-order valence-corrected chi connectivity index (χ4v) is 2.65. The van der Waals surface area contributed by atoms with Gasteiger partial charge in [0.15, 0.2) is 5.82 Å². The van der Waals surface area contributed by atoms with Crippen molar-refractivity contribution in [1.29, 1.82) is 0 Å². The summed E-state index contributed by atoms with van der Waals surface area (Å²) in [6.07, 6.45) is 3.48. The summed E-state index contributed by atoms with van der Waals surface area (Å²) in [5, 5.41) is 9.90. The summed E-state index contributed by atoms with van der Waals surface area (Å²) < 4.78 is 0. The Morgan fingerprint density at radius 3 is 2.71 bits per heavy atom. The number of benzene rings is 1. The monoisotopic (exact) mass is 303 g/mol. The van der Waals surface area contributed by atoms with Gasteiger partial charge < -0.3 is 10.0 Å². The van der Waals surface area contributed by atoms with E-state index < -0.39 is 5.97 Å². The molecule has 3 rings (SSSR count). The van der Waals surface area contributed by atoms with Crippen molar-refractivity contribution < 1.29 is 9.90 Å². The molecular weight excluding hydrogens is 290 g/mol. The van der Waals surface area contributed by atoms with Gasteiger partial charge in [0.1, 0.15) is 11.4 Å². The van der Waals surface area contributed by atoms with E-state index in [4.69, 9.17) is 11.6 Å². The van der Waals surface area contributed by atoms with E-state index in [1.165, 1.54) is 6.20 Å². The molecule has 108 valence electrons. The number of hydrogen-bond donors (Lipinski definition) is 1. The molecule has 0 bridgehead atoms. The average Bonchev–Trinajstić information content (AvgIpc) is 3.00. The summed E-state index contributed by atoms with van der Waals surface area (Å²) in [5.74, 6) is -0.0241. The van der Waals surface area contributed by atoms with E-state index in [9.17, 15) is 9.90 Å². The number of carbonyl (C=O) groups is 1. The van der Waals surface area contributed by atoms with E-state index in [1.807, 2.05) is 17.0 Å². The topological polar surface area (TPSA) is 66.3 Å². The van der Waals surface area contributed by atoms with E-state index in [0.29, 0.717) is 16.7 Å². The van der Waals surface area contributed by atoms with Crippen LogP contribution in [0.5, 0.6) is 0 Å². The lowest BCUT2D eigenvalue weighted by Gasteiger charge is -2.18. The number of aromatic carboxylic acids is 1. The molecule has 1 aliphatic rings. The Balaban J connectivity index is 2.07. The highest BCUT2D eigenvalue weighted by molar-refractivity contribution is 6.30. The highest BCUT2D eigenvalue weighted by Crippen LogP contribution is 2.26. The number of aromatic nitrogens is 2. The maximum atomic E-state index is 11.4. The molecule has 1 aliphatic heterocycles. The molecule has 2 heterocycles. The van der Waals surface area contributed by atoms with Gasteiger partial charge in [0.2, 0.25) is 0 Å². The van der Waals surface area contributed by atoms with Crippen LogP contribution >= 0.6 is 11.6 Å². The number of carboxylic acid groups (broad SMARTS) is 1. The third-order valence-electron chi connectivity index (χ3n) is 3.49. The Morgan fingerprint density at radius 2 is 2.05 bits per heavy atom. The van der Waals surface area contributed by atoms with E-state index in [2.05, 4.69) is 9.97 Å². The van der Waals surface area contributed by atoms with Gasteiger partial charge in [0, 0.05) is 29.9 Å². The fraction of sp³-hybridized carbons (Fsp3) is 0.267. The van der Waals surface area contributed by atoms with E-state index >= 15 is 0 Å². The van der Waals surface area contributed by atoms with Crippen molar-refractivity contribution in [1.82, 2.24) is 9.97 Å². The van der Waals surface area contributed by atoms with Gasteiger partial charge in [-0.3, -0.25) is 0 Å². The van der Waals surface area contributed by atoms with Gasteiger partial charge in [-0.1, -0.05) is 23.7 Å². The molecule has 1 fully saturated rings. The molecule has 0 saturated carbocycles. The zero-order chi connectivity index (χ0) is 14.8. The molecule has 21 heavy (non-hydrogen) atoms. The summed E-state index contributed by atoms with van der Waals surface area (Å²) in [7, 11) is 0. The molecule has 0 radical (unpaired) electrons. The van der Waals surface area contributed by atoms with Crippen molar-refractivity contribution in [3.05, 3.63) is 41.0 Å². The minimum Gasteiger partial charge on any atom is -0.477 e. The molecule has 1 N–H and O–H groups in total. The van der Waals surface area contributed by atoms with Crippen molar-refractivity contribution in [2.24, 2.45) is 0 Å². The summed E-state index contributed by atoms with van der Waals surface area (Å²) in [4.78, 5) is 22.0. The summed E-state index contributed by atoms with van der Waals surface area (Å²) in [6.45, 7) is 1.65. The second-order valence-corrected chi connectivity index (χ2v) is 5.38. The molecule has 0 aliphatic carbocycles. The largest absolute Gasteiger partial charge is 0.477 e. The average molecular weight is 304 g/mol. The number of hydrogen-bond acceptors (Lipinski definition) is 4. The van der Waals surface area contributed by atoms with Crippen LogP contribution in [0.3, 0.4) is 0 Å². The Labute approximate surface area is 127 Å². The predicted molar refractivity (Wildman–Crippen MR) is 80.9 cm³/mol. The number of nitrogens with zero attached hydrogens (tertiary/aromatic N) is 3. The molecule has 1 saturated heterocycles. The Morgan fingerprint density at radius 1 is 1.29 bits per heavy atom. The summed E-state index contributed by atoms with van der Waals surface area (Å²) in [6, 6.07) is 7.22. The molecular formula is C15H14ClN3O2. The van der Waals surface area contributed by atoms with Gasteiger partial charge in [0.05, 0.1) is 0 Å². The first-order valence-corrected chi connectivity index (χ1v) is 7.14. The molecule has 0 unspecified atom stereocenters. The van der Waals surface area contributed by atoms with Crippen molar-refractivity contribution in [3.8, 4) is 11.4 Å². The van der Waals surface area contributed by atoms with Gasteiger partial charge in [-0.25, -0.2) is 14.8 Å². The zero-order valence-electron chi connectivity index (χ0n) is 11.3. The first-order valence-electron chi connectivity index (χ1n) is 6.76. The Bertz CT molecular complexity index is 684. The van der Waals surface area contributed by atoms with Crippen molar-refractivity contribution in [2.75, 3.05) is 18.0 Å². The van der Waals surface area contributed by atoms with Gasteiger partial charge in [-0.2, -0.15) is 0 Å². The Kier molecular flexibility index (Phi) is 3.75. The maximum Gasteiger partial charge on any atom is 0.341 e. The molecule has 6 heteroatoms. The van der Waals surface area contributed by atoms with Crippen LogP contribution in [0.2, 0.25) is 5.02 Å². The lowest BCUT2D eigenvalue weighted by molar-refractivity contribution is 0.0696. The molecule has 0 atom stereocenters. The van der Waals surface area contributed by atoms with Crippen LogP contribution in [-0.2, 0) is 0 Å². The second kappa shape index (κ2) is 5.69. The van der Waals surface area contributed by atoms with Crippen LogP contribution in [0.25, 0.3) is 11.4 Å². The quantitative estimate of drug-likeness (QED) is 0.944. The van der Waals surface area contributed by atoms with E-state index in [0.717, 1.165) is 31.5 Å².